The Labute approximate surface area is 116 Å². The zero-order valence-corrected chi connectivity index (χ0v) is 11.7. The van der Waals surface area contributed by atoms with E-state index in [1.54, 1.807) is 0 Å². The molecule has 0 aliphatic heterocycles. The van der Waals surface area contributed by atoms with Crippen molar-refractivity contribution in [2.75, 3.05) is 5.73 Å². The van der Waals surface area contributed by atoms with Gasteiger partial charge >= 0.3 is 0 Å². The number of hydrogen-bond donors (Lipinski definition) is 3. The van der Waals surface area contributed by atoms with Gasteiger partial charge in [0, 0.05) is 34.5 Å². The summed E-state index contributed by atoms with van der Waals surface area (Å²) in [6.07, 6.45) is 0. The van der Waals surface area contributed by atoms with Gasteiger partial charge in [-0.25, -0.2) is 4.98 Å². The van der Waals surface area contributed by atoms with Crippen LogP contribution in [0.2, 0.25) is 0 Å². The highest BCUT2D eigenvalue weighted by Crippen LogP contribution is 2.30. The molecule has 0 atom stereocenters. The Morgan fingerprint density at radius 3 is 2.55 bits per heavy atom. The van der Waals surface area contributed by atoms with E-state index in [2.05, 4.69) is 22.1 Å². The fraction of sp³-hybridized carbons (Fsp3) is 0.200. The molecule has 20 heavy (non-hydrogen) atoms. The Hall–Kier alpha value is -2.56. The van der Waals surface area contributed by atoms with Crippen LogP contribution in [0.3, 0.4) is 0 Å². The van der Waals surface area contributed by atoms with Gasteiger partial charge in [0.15, 0.2) is 0 Å². The maximum absolute atomic E-state index is 9.00. The van der Waals surface area contributed by atoms with Gasteiger partial charge in [-0.3, -0.25) is 4.79 Å². The molecule has 0 spiro atoms. The Kier molecular flexibility index (Phi) is 3.61. The molecule has 0 bridgehead atoms. The van der Waals surface area contributed by atoms with Crippen LogP contribution in [0, 0.1) is 13.8 Å². The van der Waals surface area contributed by atoms with Gasteiger partial charge in [0.1, 0.15) is 5.82 Å². The second-order valence-corrected chi connectivity index (χ2v) is 4.65. The highest BCUT2D eigenvalue weighted by atomic mass is 16.4. The van der Waals surface area contributed by atoms with Gasteiger partial charge in [-0.1, -0.05) is 18.2 Å². The van der Waals surface area contributed by atoms with E-state index in [0.29, 0.717) is 5.82 Å². The predicted molar refractivity (Wildman–Crippen MR) is 80.8 cm³/mol. The number of pyridine rings is 1. The number of nitrogens with two attached hydrogens (primary N) is 1. The first kappa shape index (κ1) is 13.9. The van der Waals surface area contributed by atoms with Crippen molar-refractivity contribution in [2.45, 2.75) is 20.8 Å². The molecule has 5 nitrogen and oxygen atoms in total. The first-order valence-electron chi connectivity index (χ1n) is 6.24. The number of anilines is 1. The van der Waals surface area contributed by atoms with Crippen LogP contribution in [0.1, 0.15) is 18.2 Å². The van der Waals surface area contributed by atoms with Crippen molar-refractivity contribution >= 4 is 33.6 Å². The van der Waals surface area contributed by atoms with E-state index < -0.39 is 5.97 Å². The van der Waals surface area contributed by atoms with Crippen molar-refractivity contribution < 1.29 is 9.90 Å². The number of nitrogen functional groups attached to an aromatic ring is 1. The lowest BCUT2D eigenvalue weighted by molar-refractivity contribution is -0.134. The minimum Gasteiger partial charge on any atom is -0.481 e. The van der Waals surface area contributed by atoms with Gasteiger partial charge in [0.2, 0.25) is 0 Å². The summed E-state index contributed by atoms with van der Waals surface area (Å²) in [6.45, 7) is 5.08. The second-order valence-electron chi connectivity index (χ2n) is 4.65. The lowest BCUT2D eigenvalue weighted by atomic mass is 10.1. The normalized spacial score (nSPS) is 10.3. The van der Waals surface area contributed by atoms with Crippen molar-refractivity contribution in [2.24, 2.45) is 0 Å². The molecule has 3 rings (SSSR count). The molecule has 0 fully saturated rings. The highest BCUT2D eigenvalue weighted by molar-refractivity contribution is 6.10. The number of nitrogens with one attached hydrogen (secondary N) is 1. The van der Waals surface area contributed by atoms with Gasteiger partial charge < -0.3 is 15.8 Å². The second kappa shape index (κ2) is 5.21. The standard InChI is InChI=1S/C13H13N3.C2H4O2/c1-7-12-11(8(2)15-13(7)14)9-5-3-4-6-10(9)16-12;1-2(3)4/h3-6,16H,1-2H3,(H2,14,15);1H3,(H,3,4). The van der Waals surface area contributed by atoms with Crippen LogP contribution in [0.5, 0.6) is 0 Å². The maximum atomic E-state index is 9.00. The van der Waals surface area contributed by atoms with E-state index in [1.807, 2.05) is 26.0 Å². The zero-order chi connectivity index (χ0) is 14.9. The average Bonchev–Trinajstić information content (AvgIpc) is 2.75. The van der Waals surface area contributed by atoms with Crippen LogP contribution in [0.25, 0.3) is 21.8 Å². The molecule has 2 aromatic heterocycles. The van der Waals surface area contributed by atoms with Crippen LogP contribution < -0.4 is 5.73 Å². The number of rotatable bonds is 0. The molecule has 2 heterocycles. The molecule has 0 unspecified atom stereocenters. The molecule has 3 aromatic rings. The Bertz CT molecular complexity index is 787. The number of aryl methyl sites for hydroxylation is 2. The smallest absolute Gasteiger partial charge is 0.300 e. The van der Waals surface area contributed by atoms with Gasteiger partial charge in [-0.15, -0.1) is 0 Å². The number of fused-ring (bicyclic) bond motifs is 3. The highest BCUT2D eigenvalue weighted by Gasteiger charge is 2.11. The van der Waals surface area contributed by atoms with Gasteiger partial charge in [0.25, 0.3) is 5.97 Å². The molecular formula is C15H17N3O2. The lowest BCUT2D eigenvalue weighted by Crippen LogP contribution is -1.96. The van der Waals surface area contributed by atoms with Crippen molar-refractivity contribution in [1.29, 1.82) is 0 Å². The maximum Gasteiger partial charge on any atom is 0.300 e. The Morgan fingerprint density at radius 1 is 1.30 bits per heavy atom. The first-order valence-corrected chi connectivity index (χ1v) is 6.24. The summed E-state index contributed by atoms with van der Waals surface area (Å²) in [4.78, 5) is 16.8. The third kappa shape index (κ3) is 2.42. The van der Waals surface area contributed by atoms with E-state index in [9.17, 15) is 0 Å². The summed E-state index contributed by atoms with van der Waals surface area (Å²) in [5.41, 5.74) is 10.1. The number of benzene rings is 1. The lowest BCUT2D eigenvalue weighted by Gasteiger charge is -2.03. The number of nitrogens with zero attached hydrogens (tertiary/aromatic N) is 1. The van der Waals surface area contributed by atoms with Crippen LogP contribution in [0.4, 0.5) is 5.82 Å². The number of aromatic nitrogens is 2. The monoisotopic (exact) mass is 271 g/mol. The molecule has 4 N–H and O–H groups in total. The van der Waals surface area contributed by atoms with Crippen LogP contribution in [0.15, 0.2) is 24.3 Å². The van der Waals surface area contributed by atoms with E-state index in [0.717, 1.165) is 29.2 Å². The number of aromatic amines is 1. The fourth-order valence-corrected chi connectivity index (χ4v) is 2.25. The first-order chi connectivity index (χ1) is 9.41. The third-order valence-corrected chi connectivity index (χ3v) is 3.12. The summed E-state index contributed by atoms with van der Waals surface area (Å²) >= 11 is 0. The van der Waals surface area contributed by atoms with E-state index >= 15 is 0 Å². The fourth-order valence-electron chi connectivity index (χ4n) is 2.25. The summed E-state index contributed by atoms with van der Waals surface area (Å²) in [7, 11) is 0. The van der Waals surface area contributed by atoms with Gasteiger partial charge in [-0.05, 0) is 19.9 Å². The number of H-pyrrole nitrogens is 1. The number of carbonyl (C=O) groups is 1. The van der Waals surface area contributed by atoms with Crippen molar-refractivity contribution in [1.82, 2.24) is 9.97 Å². The van der Waals surface area contributed by atoms with Crippen molar-refractivity contribution in [3.8, 4) is 0 Å². The molecule has 0 radical (unpaired) electrons. The quantitative estimate of drug-likeness (QED) is 0.586. The summed E-state index contributed by atoms with van der Waals surface area (Å²) in [5, 5.41) is 9.81. The largest absolute Gasteiger partial charge is 0.481 e. The number of hydrogen-bond acceptors (Lipinski definition) is 3. The molecule has 0 saturated heterocycles. The summed E-state index contributed by atoms with van der Waals surface area (Å²) in [6, 6.07) is 8.25. The van der Waals surface area contributed by atoms with Crippen LogP contribution >= 0.6 is 0 Å². The molecule has 0 amide bonds. The third-order valence-electron chi connectivity index (χ3n) is 3.12. The number of carboxylic acids is 1. The predicted octanol–water partition coefficient (Wildman–Crippen LogP) is 3.01. The minimum atomic E-state index is -0.833. The SMILES string of the molecule is CC(=O)O.Cc1c(N)nc(C)c2c1[nH]c1ccccc12. The Morgan fingerprint density at radius 2 is 1.90 bits per heavy atom. The molecule has 0 aliphatic carbocycles. The molecular weight excluding hydrogens is 254 g/mol. The molecule has 5 heteroatoms. The molecule has 0 aliphatic rings. The topological polar surface area (TPSA) is 92.0 Å². The van der Waals surface area contributed by atoms with E-state index in [-0.39, 0.29) is 0 Å². The number of para-hydroxylation sites is 1. The van der Waals surface area contributed by atoms with Crippen molar-refractivity contribution in [3.63, 3.8) is 0 Å². The summed E-state index contributed by atoms with van der Waals surface area (Å²) < 4.78 is 0. The average molecular weight is 271 g/mol. The molecule has 0 saturated carbocycles. The zero-order valence-electron chi connectivity index (χ0n) is 11.7. The minimum absolute atomic E-state index is 0.608. The molecule has 1 aromatic carbocycles. The van der Waals surface area contributed by atoms with E-state index in [4.69, 9.17) is 15.6 Å². The van der Waals surface area contributed by atoms with Crippen LogP contribution in [-0.2, 0) is 4.79 Å². The Balaban J connectivity index is 0.000000328. The van der Waals surface area contributed by atoms with Crippen LogP contribution in [-0.4, -0.2) is 21.0 Å². The van der Waals surface area contributed by atoms with Gasteiger partial charge in [-0.2, -0.15) is 0 Å². The number of carboxylic acid groups (broad SMARTS) is 1. The van der Waals surface area contributed by atoms with Crippen molar-refractivity contribution in [3.05, 3.63) is 35.5 Å². The summed E-state index contributed by atoms with van der Waals surface area (Å²) in [5.74, 6) is -0.225. The van der Waals surface area contributed by atoms with E-state index in [1.165, 1.54) is 10.8 Å². The number of aliphatic carboxylic acids is 1. The molecule has 104 valence electrons. The van der Waals surface area contributed by atoms with Gasteiger partial charge in [0.05, 0.1) is 5.52 Å².